The highest BCUT2D eigenvalue weighted by atomic mass is 19.4. The lowest BCUT2D eigenvalue weighted by atomic mass is 9.76. The van der Waals surface area contributed by atoms with E-state index in [1.54, 1.807) is 0 Å². The first-order chi connectivity index (χ1) is 18.1. The fourth-order valence-corrected chi connectivity index (χ4v) is 5.43. The molecule has 0 spiro atoms. The van der Waals surface area contributed by atoms with Crippen molar-refractivity contribution in [3.05, 3.63) is 65.3 Å². The van der Waals surface area contributed by atoms with Crippen LogP contribution in [0.4, 0.5) is 22.0 Å². The van der Waals surface area contributed by atoms with Crippen LogP contribution in [-0.2, 0) is 17.0 Å². The van der Waals surface area contributed by atoms with Gasteiger partial charge in [-0.05, 0) is 111 Å². The summed E-state index contributed by atoms with van der Waals surface area (Å²) in [5, 5.41) is 0. The molecular formula is C29H35F5N2O2. The lowest BCUT2D eigenvalue weighted by Gasteiger charge is -2.30. The van der Waals surface area contributed by atoms with Gasteiger partial charge in [-0.2, -0.15) is 22.0 Å². The number of nitrogens with zero attached hydrogens (tertiary/aromatic N) is 2. The summed E-state index contributed by atoms with van der Waals surface area (Å²) in [7, 11) is 0. The molecule has 1 aromatic carbocycles. The maximum atomic E-state index is 14.5. The number of rotatable bonds is 10. The van der Waals surface area contributed by atoms with Gasteiger partial charge in [0.15, 0.2) is 0 Å². The van der Waals surface area contributed by atoms with Crippen LogP contribution in [0, 0.1) is 11.8 Å². The van der Waals surface area contributed by atoms with Gasteiger partial charge in [-0.3, -0.25) is 0 Å². The molecule has 1 atom stereocenters. The topological polar surface area (TPSA) is 44.2 Å². The Morgan fingerprint density at radius 1 is 0.868 bits per heavy atom. The Hall–Kier alpha value is -2.55. The molecule has 1 heterocycles. The third-order valence-corrected chi connectivity index (χ3v) is 7.77. The third-order valence-electron chi connectivity index (χ3n) is 7.77. The molecule has 208 valence electrons. The second-order valence-electron chi connectivity index (χ2n) is 10.4. The maximum absolute atomic E-state index is 14.5. The van der Waals surface area contributed by atoms with Crippen molar-refractivity contribution in [2.45, 2.75) is 82.9 Å². The lowest BCUT2D eigenvalue weighted by molar-refractivity contribution is -0.192. The molecule has 1 unspecified atom stereocenters. The van der Waals surface area contributed by atoms with Gasteiger partial charge in [0.25, 0.3) is 0 Å². The minimum absolute atomic E-state index is 0.239. The predicted molar refractivity (Wildman–Crippen MR) is 134 cm³/mol. The SMILES string of the molecule is CCOCC1=CCC(CCC2CCC(c3cnc(C(F)(F)Oc4ccc(C(F)(F)F)cc4)nc3)CC2)CC1. The van der Waals surface area contributed by atoms with Crippen LogP contribution in [0.3, 0.4) is 0 Å². The zero-order chi connectivity index (χ0) is 27.2. The second-order valence-corrected chi connectivity index (χ2v) is 10.4. The summed E-state index contributed by atoms with van der Waals surface area (Å²) in [4.78, 5) is 7.68. The fourth-order valence-electron chi connectivity index (χ4n) is 5.43. The van der Waals surface area contributed by atoms with E-state index >= 15 is 0 Å². The molecule has 9 heteroatoms. The Kier molecular flexibility index (Phi) is 9.39. The van der Waals surface area contributed by atoms with E-state index in [0.29, 0.717) is 18.1 Å². The zero-order valence-electron chi connectivity index (χ0n) is 21.7. The van der Waals surface area contributed by atoms with E-state index in [9.17, 15) is 22.0 Å². The van der Waals surface area contributed by atoms with Crippen molar-refractivity contribution in [3.63, 3.8) is 0 Å². The van der Waals surface area contributed by atoms with Gasteiger partial charge in [0, 0.05) is 19.0 Å². The molecule has 0 radical (unpaired) electrons. The van der Waals surface area contributed by atoms with E-state index in [4.69, 9.17) is 4.74 Å². The molecule has 0 amide bonds. The van der Waals surface area contributed by atoms with Crippen molar-refractivity contribution < 1.29 is 31.4 Å². The van der Waals surface area contributed by atoms with Gasteiger partial charge in [-0.15, -0.1) is 0 Å². The Labute approximate surface area is 220 Å². The summed E-state index contributed by atoms with van der Waals surface area (Å²) in [5.41, 5.74) is 1.32. The van der Waals surface area contributed by atoms with Crippen molar-refractivity contribution in [2.24, 2.45) is 11.8 Å². The highest BCUT2D eigenvalue weighted by Crippen LogP contribution is 2.39. The summed E-state index contributed by atoms with van der Waals surface area (Å²) in [6.45, 7) is 3.54. The molecule has 2 aliphatic carbocycles. The minimum Gasteiger partial charge on any atom is -0.427 e. The van der Waals surface area contributed by atoms with E-state index < -0.39 is 29.4 Å². The van der Waals surface area contributed by atoms with Crippen LogP contribution < -0.4 is 4.74 Å². The number of allylic oxidation sites excluding steroid dienone is 1. The van der Waals surface area contributed by atoms with E-state index in [1.165, 1.54) is 37.2 Å². The summed E-state index contributed by atoms with van der Waals surface area (Å²) < 4.78 is 77.2. The van der Waals surface area contributed by atoms with Gasteiger partial charge in [0.05, 0.1) is 12.2 Å². The number of alkyl halides is 5. The average molecular weight is 539 g/mol. The average Bonchev–Trinajstić information content (AvgIpc) is 2.91. The van der Waals surface area contributed by atoms with E-state index in [-0.39, 0.29) is 5.92 Å². The molecule has 38 heavy (non-hydrogen) atoms. The van der Waals surface area contributed by atoms with Gasteiger partial charge in [-0.25, -0.2) is 9.97 Å². The highest BCUT2D eigenvalue weighted by molar-refractivity contribution is 5.29. The smallest absolute Gasteiger partial charge is 0.427 e. The summed E-state index contributed by atoms with van der Waals surface area (Å²) in [6.07, 6.45) is 6.98. The van der Waals surface area contributed by atoms with Crippen LogP contribution in [-0.4, -0.2) is 23.2 Å². The van der Waals surface area contributed by atoms with Gasteiger partial charge in [-0.1, -0.05) is 12.5 Å². The Bertz CT molecular complexity index is 1050. The van der Waals surface area contributed by atoms with Gasteiger partial charge < -0.3 is 9.47 Å². The van der Waals surface area contributed by atoms with E-state index in [0.717, 1.165) is 75.4 Å². The number of halogens is 5. The number of hydrogen-bond donors (Lipinski definition) is 0. The van der Waals surface area contributed by atoms with Gasteiger partial charge in [0.1, 0.15) is 5.75 Å². The largest absolute Gasteiger partial charge is 0.462 e. The molecule has 1 saturated carbocycles. The molecule has 1 fully saturated rings. The van der Waals surface area contributed by atoms with Crippen molar-refractivity contribution in [2.75, 3.05) is 13.2 Å². The monoisotopic (exact) mass is 538 g/mol. The van der Waals surface area contributed by atoms with Crippen LogP contribution >= 0.6 is 0 Å². The van der Waals surface area contributed by atoms with E-state index in [2.05, 4.69) is 20.8 Å². The minimum atomic E-state index is -4.56. The molecule has 0 N–H and O–H groups in total. The first kappa shape index (κ1) is 28.5. The lowest BCUT2D eigenvalue weighted by Crippen LogP contribution is -2.25. The molecule has 1 aromatic heterocycles. The molecular weight excluding hydrogens is 503 g/mol. The first-order valence-corrected chi connectivity index (χ1v) is 13.5. The number of ether oxygens (including phenoxy) is 2. The molecule has 2 aliphatic rings. The quantitative estimate of drug-likeness (QED) is 0.225. The van der Waals surface area contributed by atoms with Crippen molar-refractivity contribution in [1.82, 2.24) is 9.97 Å². The number of hydrogen-bond acceptors (Lipinski definition) is 4. The zero-order valence-corrected chi connectivity index (χ0v) is 21.7. The van der Waals surface area contributed by atoms with Gasteiger partial charge in [0.2, 0.25) is 5.82 Å². The van der Waals surface area contributed by atoms with Crippen LogP contribution in [0.25, 0.3) is 0 Å². The Balaban J connectivity index is 1.23. The maximum Gasteiger partial charge on any atom is 0.462 e. The molecule has 0 bridgehead atoms. The molecule has 2 aromatic rings. The Morgan fingerprint density at radius 2 is 1.53 bits per heavy atom. The standard InChI is InChI=1S/C29H35F5N2O2/c1-2-37-19-22-7-5-20(6-8-22)3-4-21-9-11-23(12-10-21)24-17-35-27(36-18-24)29(33,34)38-26-15-13-25(14-16-26)28(30,31)32/h7,13-18,20-21,23H,2-6,8-12,19H2,1H3. The molecule has 0 aliphatic heterocycles. The van der Waals surface area contributed by atoms with Crippen LogP contribution in [0.2, 0.25) is 0 Å². The van der Waals surface area contributed by atoms with Crippen LogP contribution in [0.5, 0.6) is 5.75 Å². The van der Waals surface area contributed by atoms with Crippen LogP contribution in [0.15, 0.2) is 48.3 Å². The summed E-state index contributed by atoms with van der Waals surface area (Å²) >= 11 is 0. The first-order valence-electron chi connectivity index (χ1n) is 13.5. The molecule has 0 saturated heterocycles. The van der Waals surface area contributed by atoms with Gasteiger partial charge >= 0.3 is 12.3 Å². The third kappa shape index (κ3) is 7.74. The van der Waals surface area contributed by atoms with Crippen LogP contribution in [0.1, 0.15) is 87.6 Å². The van der Waals surface area contributed by atoms with E-state index in [1.807, 2.05) is 6.92 Å². The van der Waals surface area contributed by atoms with Crippen molar-refractivity contribution in [3.8, 4) is 5.75 Å². The van der Waals surface area contributed by atoms with Crippen molar-refractivity contribution >= 4 is 0 Å². The summed E-state index contributed by atoms with van der Waals surface area (Å²) in [6, 6.07) is 3.10. The normalized spacial score (nSPS) is 22.7. The predicted octanol–water partition coefficient (Wildman–Crippen LogP) is 8.44. The molecule has 4 rings (SSSR count). The molecule has 4 nitrogen and oxygen atoms in total. The second kappa shape index (κ2) is 12.5. The highest BCUT2D eigenvalue weighted by Gasteiger charge is 2.39. The fraction of sp³-hybridized carbons (Fsp3) is 0.586. The summed E-state index contributed by atoms with van der Waals surface area (Å²) in [5.74, 6) is 0.473. The van der Waals surface area contributed by atoms with Crippen molar-refractivity contribution in [1.29, 1.82) is 0 Å². The number of benzene rings is 1. The Morgan fingerprint density at radius 3 is 2.11 bits per heavy atom. The number of aromatic nitrogens is 2.